The molecule has 0 spiro atoms. The number of carbonyl (C=O) groups is 2. The normalized spacial score (nSPS) is 22.7. The molecule has 0 bridgehead atoms. The average Bonchev–Trinajstić information content (AvgIpc) is 2.27. The van der Waals surface area contributed by atoms with Crippen LogP contribution in [0.15, 0.2) is 0 Å². The van der Waals surface area contributed by atoms with Crippen molar-refractivity contribution >= 4 is 11.9 Å². The Morgan fingerprint density at radius 2 is 2.11 bits per heavy atom. The molecule has 1 rings (SSSR count). The number of carboxylic acids is 1. The Morgan fingerprint density at radius 3 is 2.61 bits per heavy atom. The predicted octanol–water partition coefficient (Wildman–Crippen LogP) is 0.0619. The van der Waals surface area contributed by atoms with E-state index in [-0.39, 0.29) is 36.9 Å². The van der Waals surface area contributed by atoms with Crippen LogP contribution in [0.4, 0.5) is 0 Å². The van der Waals surface area contributed by atoms with Gasteiger partial charge in [0.05, 0.1) is 13.2 Å². The Hall–Kier alpha value is -1.14. The molecule has 0 aliphatic carbocycles. The van der Waals surface area contributed by atoms with Crippen molar-refractivity contribution in [2.24, 2.45) is 11.1 Å². The second kappa shape index (κ2) is 5.67. The van der Waals surface area contributed by atoms with E-state index in [4.69, 9.17) is 15.6 Å². The Morgan fingerprint density at radius 1 is 1.50 bits per heavy atom. The van der Waals surface area contributed by atoms with E-state index in [9.17, 15) is 9.59 Å². The standard InChI is InChI=1S/C12H22N2O4/c1-12(2,3)9(13)6-10(15)14-4-5-18-8(7-14)11(16)17/h8-9H,4-7,13H2,1-3H3,(H,16,17). The van der Waals surface area contributed by atoms with Crippen LogP contribution in [0.1, 0.15) is 27.2 Å². The molecule has 2 unspecified atom stereocenters. The fourth-order valence-corrected chi connectivity index (χ4v) is 1.65. The first-order chi connectivity index (χ1) is 8.21. The van der Waals surface area contributed by atoms with Crippen LogP contribution in [-0.4, -0.2) is 53.7 Å². The van der Waals surface area contributed by atoms with Crippen LogP contribution in [0.5, 0.6) is 0 Å². The lowest BCUT2D eigenvalue weighted by molar-refractivity contribution is -0.159. The van der Waals surface area contributed by atoms with Gasteiger partial charge in [-0.15, -0.1) is 0 Å². The first-order valence-corrected chi connectivity index (χ1v) is 6.09. The van der Waals surface area contributed by atoms with Gasteiger partial charge in [-0.3, -0.25) is 4.79 Å². The smallest absolute Gasteiger partial charge is 0.334 e. The van der Waals surface area contributed by atoms with Gasteiger partial charge in [0.2, 0.25) is 5.91 Å². The van der Waals surface area contributed by atoms with Crippen LogP contribution in [0.2, 0.25) is 0 Å². The molecular weight excluding hydrogens is 236 g/mol. The topological polar surface area (TPSA) is 92.9 Å². The molecule has 1 amide bonds. The summed E-state index contributed by atoms with van der Waals surface area (Å²) in [6.07, 6.45) is -0.691. The zero-order valence-corrected chi connectivity index (χ0v) is 11.2. The number of nitrogens with zero attached hydrogens (tertiary/aromatic N) is 1. The molecular formula is C12H22N2O4. The van der Waals surface area contributed by atoms with E-state index in [0.717, 1.165) is 0 Å². The van der Waals surface area contributed by atoms with Crippen molar-refractivity contribution in [1.29, 1.82) is 0 Å². The molecule has 0 aromatic heterocycles. The maximum absolute atomic E-state index is 12.0. The summed E-state index contributed by atoms with van der Waals surface area (Å²) in [7, 11) is 0. The maximum Gasteiger partial charge on any atom is 0.334 e. The predicted molar refractivity (Wildman–Crippen MR) is 66.0 cm³/mol. The average molecular weight is 258 g/mol. The number of rotatable bonds is 3. The van der Waals surface area contributed by atoms with Gasteiger partial charge in [0.15, 0.2) is 6.10 Å². The van der Waals surface area contributed by atoms with E-state index in [1.807, 2.05) is 20.8 Å². The summed E-state index contributed by atoms with van der Waals surface area (Å²) in [5.41, 5.74) is 5.81. The molecule has 0 radical (unpaired) electrons. The van der Waals surface area contributed by atoms with E-state index in [1.54, 1.807) is 0 Å². The molecule has 0 aromatic rings. The summed E-state index contributed by atoms with van der Waals surface area (Å²) in [4.78, 5) is 24.4. The van der Waals surface area contributed by atoms with Crippen LogP contribution < -0.4 is 5.73 Å². The van der Waals surface area contributed by atoms with Crippen LogP contribution in [0, 0.1) is 5.41 Å². The highest BCUT2D eigenvalue weighted by atomic mass is 16.5. The SMILES string of the molecule is CC(C)(C)C(N)CC(=O)N1CCOC(C(=O)O)C1. The van der Waals surface area contributed by atoms with Gasteiger partial charge in [-0.05, 0) is 5.41 Å². The third-order valence-electron chi connectivity index (χ3n) is 3.20. The number of amides is 1. The number of carboxylic acid groups (broad SMARTS) is 1. The van der Waals surface area contributed by atoms with Gasteiger partial charge in [0.1, 0.15) is 0 Å². The van der Waals surface area contributed by atoms with Gasteiger partial charge >= 0.3 is 5.97 Å². The molecule has 1 aliphatic rings. The quantitative estimate of drug-likeness (QED) is 0.747. The Kier molecular flexibility index (Phi) is 4.70. The fourth-order valence-electron chi connectivity index (χ4n) is 1.65. The van der Waals surface area contributed by atoms with Crippen LogP contribution >= 0.6 is 0 Å². The van der Waals surface area contributed by atoms with E-state index < -0.39 is 12.1 Å². The number of nitrogens with two attached hydrogens (primary N) is 1. The highest BCUT2D eigenvalue weighted by Crippen LogP contribution is 2.20. The van der Waals surface area contributed by atoms with Gasteiger partial charge in [-0.2, -0.15) is 0 Å². The molecule has 0 aromatic carbocycles. The van der Waals surface area contributed by atoms with Crippen LogP contribution in [-0.2, 0) is 14.3 Å². The van der Waals surface area contributed by atoms with Gasteiger partial charge in [-0.25, -0.2) is 4.79 Å². The molecule has 104 valence electrons. The second-order valence-corrected chi connectivity index (χ2v) is 5.71. The van der Waals surface area contributed by atoms with Crippen LogP contribution in [0.25, 0.3) is 0 Å². The zero-order chi connectivity index (χ0) is 13.9. The first-order valence-electron chi connectivity index (χ1n) is 6.09. The summed E-state index contributed by atoms with van der Waals surface area (Å²) >= 11 is 0. The van der Waals surface area contributed by atoms with Crippen molar-refractivity contribution in [1.82, 2.24) is 4.90 Å². The first kappa shape index (κ1) is 14.9. The number of hydrogen-bond acceptors (Lipinski definition) is 4. The van der Waals surface area contributed by atoms with Crippen molar-refractivity contribution < 1.29 is 19.4 Å². The molecule has 6 nitrogen and oxygen atoms in total. The molecule has 0 saturated carbocycles. The van der Waals surface area contributed by atoms with E-state index >= 15 is 0 Å². The minimum Gasteiger partial charge on any atom is -0.479 e. The maximum atomic E-state index is 12.0. The van der Waals surface area contributed by atoms with Crippen molar-refractivity contribution in [3.63, 3.8) is 0 Å². The number of hydrogen-bond donors (Lipinski definition) is 2. The van der Waals surface area contributed by atoms with Gasteiger partial charge < -0.3 is 20.5 Å². The largest absolute Gasteiger partial charge is 0.479 e. The summed E-state index contributed by atoms with van der Waals surface area (Å²) in [6.45, 7) is 6.72. The summed E-state index contributed by atoms with van der Waals surface area (Å²) < 4.78 is 5.07. The molecule has 1 fully saturated rings. The second-order valence-electron chi connectivity index (χ2n) is 5.71. The summed E-state index contributed by atoms with van der Waals surface area (Å²) in [5, 5.41) is 8.86. The van der Waals surface area contributed by atoms with Gasteiger partial charge in [0, 0.05) is 19.0 Å². The van der Waals surface area contributed by atoms with Crippen molar-refractivity contribution in [2.75, 3.05) is 19.7 Å². The molecule has 1 saturated heterocycles. The third kappa shape index (κ3) is 3.96. The van der Waals surface area contributed by atoms with Crippen LogP contribution in [0.3, 0.4) is 0 Å². The Labute approximate surface area is 107 Å². The lowest BCUT2D eigenvalue weighted by Gasteiger charge is -2.33. The highest BCUT2D eigenvalue weighted by Gasteiger charge is 2.31. The minimum atomic E-state index is -1.03. The molecule has 1 aliphatic heterocycles. The molecule has 1 heterocycles. The van der Waals surface area contributed by atoms with Gasteiger partial charge in [0.25, 0.3) is 0 Å². The number of morpholine rings is 1. The highest BCUT2D eigenvalue weighted by molar-refractivity contribution is 5.79. The lowest BCUT2D eigenvalue weighted by Crippen LogP contribution is -2.50. The van der Waals surface area contributed by atoms with E-state index in [2.05, 4.69) is 0 Å². The Balaban J connectivity index is 2.54. The lowest BCUT2D eigenvalue weighted by atomic mass is 9.85. The molecule has 2 atom stereocenters. The molecule has 18 heavy (non-hydrogen) atoms. The fraction of sp³-hybridized carbons (Fsp3) is 0.833. The number of carbonyl (C=O) groups excluding carboxylic acids is 1. The zero-order valence-electron chi connectivity index (χ0n) is 11.2. The van der Waals surface area contributed by atoms with Crippen molar-refractivity contribution in [3.8, 4) is 0 Å². The molecule has 6 heteroatoms. The molecule has 3 N–H and O–H groups in total. The monoisotopic (exact) mass is 258 g/mol. The van der Waals surface area contributed by atoms with Crippen molar-refractivity contribution in [3.05, 3.63) is 0 Å². The third-order valence-corrected chi connectivity index (χ3v) is 3.20. The van der Waals surface area contributed by atoms with E-state index in [0.29, 0.717) is 6.54 Å². The number of ether oxygens (including phenoxy) is 1. The Bertz CT molecular complexity index is 325. The van der Waals surface area contributed by atoms with Gasteiger partial charge in [-0.1, -0.05) is 20.8 Å². The summed E-state index contributed by atoms with van der Waals surface area (Å²) in [6, 6.07) is -0.240. The summed E-state index contributed by atoms with van der Waals surface area (Å²) in [5.74, 6) is -1.14. The minimum absolute atomic E-state index is 0.102. The number of aliphatic carboxylic acids is 1. The van der Waals surface area contributed by atoms with Crippen molar-refractivity contribution in [2.45, 2.75) is 39.3 Å². The van der Waals surface area contributed by atoms with E-state index in [1.165, 1.54) is 4.90 Å².